The molecule has 0 fully saturated rings. The van der Waals surface area contributed by atoms with E-state index in [2.05, 4.69) is 36.2 Å². The number of nitrogens with one attached hydrogen (secondary N) is 1. The Hall–Kier alpha value is -2.53. The van der Waals surface area contributed by atoms with E-state index >= 15 is 0 Å². The number of carbonyl (C=O) groups is 1. The van der Waals surface area contributed by atoms with Gasteiger partial charge in [-0.15, -0.1) is 0 Å². The van der Waals surface area contributed by atoms with Gasteiger partial charge in [0.15, 0.2) is 11.5 Å². The molecule has 152 valence electrons. The van der Waals surface area contributed by atoms with Crippen molar-refractivity contribution < 1.29 is 14.3 Å². The summed E-state index contributed by atoms with van der Waals surface area (Å²) in [5.41, 5.74) is 1.75. The zero-order chi connectivity index (χ0) is 20.5. The number of methoxy groups -OCH3 is 1. The number of nitrogens with zero attached hydrogens (tertiary/aromatic N) is 1. The second-order valence-electron chi connectivity index (χ2n) is 6.89. The smallest absolute Gasteiger partial charge is 0.251 e. The molecule has 5 heteroatoms. The van der Waals surface area contributed by atoms with Gasteiger partial charge in [-0.2, -0.15) is 0 Å². The molecule has 0 bridgehead atoms. The van der Waals surface area contributed by atoms with Crippen molar-refractivity contribution in [3.05, 3.63) is 59.7 Å². The summed E-state index contributed by atoms with van der Waals surface area (Å²) in [6.07, 6.45) is 0.0364. The van der Waals surface area contributed by atoms with Gasteiger partial charge in [0.25, 0.3) is 5.91 Å². The van der Waals surface area contributed by atoms with Crippen LogP contribution in [0.4, 0.5) is 0 Å². The number of likely N-dealkylation sites (N-methyl/N-ethyl adjacent to an activating group) is 1. The molecule has 0 saturated heterocycles. The third-order valence-electron chi connectivity index (χ3n) is 4.68. The molecular formula is C23H32N2O3. The van der Waals surface area contributed by atoms with Crippen LogP contribution >= 0.6 is 0 Å². The van der Waals surface area contributed by atoms with Crippen molar-refractivity contribution in [1.82, 2.24) is 10.2 Å². The molecule has 0 saturated carbocycles. The summed E-state index contributed by atoms with van der Waals surface area (Å²) < 4.78 is 11.1. The van der Waals surface area contributed by atoms with Crippen molar-refractivity contribution in [2.75, 3.05) is 26.7 Å². The topological polar surface area (TPSA) is 50.8 Å². The molecule has 1 amide bonds. The van der Waals surface area contributed by atoms with E-state index in [1.165, 1.54) is 5.56 Å². The maximum atomic E-state index is 12.8. The Morgan fingerprint density at radius 1 is 1.04 bits per heavy atom. The fraction of sp³-hybridized carbons (Fsp3) is 0.435. The molecule has 5 nitrogen and oxygen atoms in total. The molecule has 0 aliphatic carbocycles. The summed E-state index contributed by atoms with van der Waals surface area (Å²) >= 11 is 0. The van der Waals surface area contributed by atoms with Crippen LogP contribution in [0.1, 0.15) is 49.7 Å². The molecular weight excluding hydrogens is 352 g/mol. The molecule has 0 aliphatic heterocycles. The first-order chi connectivity index (χ1) is 13.5. The van der Waals surface area contributed by atoms with E-state index < -0.39 is 0 Å². The van der Waals surface area contributed by atoms with Gasteiger partial charge in [0.1, 0.15) is 0 Å². The lowest BCUT2D eigenvalue weighted by atomic mass is 10.0. The second-order valence-corrected chi connectivity index (χ2v) is 6.89. The van der Waals surface area contributed by atoms with Crippen molar-refractivity contribution in [3.63, 3.8) is 0 Å². The molecule has 0 radical (unpaired) electrons. The van der Waals surface area contributed by atoms with Gasteiger partial charge in [0, 0.05) is 12.1 Å². The maximum Gasteiger partial charge on any atom is 0.251 e. The van der Waals surface area contributed by atoms with Crippen LogP contribution in [0.5, 0.6) is 11.5 Å². The lowest BCUT2D eigenvalue weighted by Gasteiger charge is -2.30. The number of hydrogen-bond donors (Lipinski definition) is 1. The van der Waals surface area contributed by atoms with E-state index in [1.807, 2.05) is 32.0 Å². The van der Waals surface area contributed by atoms with Crippen LogP contribution in [-0.4, -0.2) is 43.7 Å². The number of hydrogen-bond acceptors (Lipinski definition) is 4. The molecule has 1 unspecified atom stereocenters. The van der Waals surface area contributed by atoms with Crippen LogP contribution in [-0.2, 0) is 0 Å². The van der Waals surface area contributed by atoms with Crippen LogP contribution < -0.4 is 14.8 Å². The highest BCUT2D eigenvalue weighted by molar-refractivity contribution is 5.94. The molecule has 0 heterocycles. The van der Waals surface area contributed by atoms with Gasteiger partial charge in [-0.3, -0.25) is 9.69 Å². The first kappa shape index (κ1) is 21.8. The zero-order valence-electron chi connectivity index (χ0n) is 17.6. The lowest BCUT2D eigenvalue weighted by molar-refractivity contribution is 0.0934. The number of amides is 1. The molecule has 28 heavy (non-hydrogen) atoms. The third-order valence-corrected chi connectivity index (χ3v) is 4.68. The minimum Gasteiger partial charge on any atom is -0.493 e. The zero-order valence-corrected chi connectivity index (χ0v) is 17.6. The van der Waals surface area contributed by atoms with E-state index in [-0.39, 0.29) is 18.1 Å². The van der Waals surface area contributed by atoms with Crippen LogP contribution in [0, 0.1) is 0 Å². The monoisotopic (exact) mass is 384 g/mol. The van der Waals surface area contributed by atoms with Gasteiger partial charge in [-0.25, -0.2) is 0 Å². The summed E-state index contributed by atoms with van der Waals surface area (Å²) in [6, 6.07) is 15.7. The quantitative estimate of drug-likeness (QED) is 0.664. The van der Waals surface area contributed by atoms with Crippen LogP contribution in [0.25, 0.3) is 0 Å². The maximum absolute atomic E-state index is 12.8. The Labute approximate surface area is 168 Å². The average Bonchev–Trinajstić information content (AvgIpc) is 2.71. The molecule has 2 aromatic carbocycles. The molecule has 0 spiro atoms. The first-order valence-electron chi connectivity index (χ1n) is 9.92. The van der Waals surface area contributed by atoms with Crippen LogP contribution in [0.2, 0.25) is 0 Å². The van der Waals surface area contributed by atoms with E-state index in [1.54, 1.807) is 25.3 Å². The number of benzene rings is 2. The standard InChI is InChI=1S/C23H32N2O3/c1-6-25(7-2)20(18-11-9-8-10-12-18)16-24-23(26)19-13-14-21(28-17(3)4)22(15-19)27-5/h8-15,17,20H,6-7,16H2,1-5H3,(H,24,26). The highest BCUT2D eigenvalue weighted by atomic mass is 16.5. The highest BCUT2D eigenvalue weighted by Crippen LogP contribution is 2.29. The fourth-order valence-corrected chi connectivity index (χ4v) is 3.25. The SMILES string of the molecule is CCN(CC)C(CNC(=O)c1ccc(OC(C)C)c(OC)c1)c1ccccc1. The van der Waals surface area contributed by atoms with Crippen molar-refractivity contribution >= 4 is 5.91 Å². The number of carbonyl (C=O) groups excluding carboxylic acids is 1. The summed E-state index contributed by atoms with van der Waals surface area (Å²) in [7, 11) is 1.58. The van der Waals surface area contributed by atoms with Gasteiger partial charge in [0.05, 0.1) is 19.3 Å². The Kier molecular flexibility index (Phi) is 8.33. The highest BCUT2D eigenvalue weighted by Gasteiger charge is 2.19. The van der Waals surface area contributed by atoms with Crippen molar-refractivity contribution in [2.24, 2.45) is 0 Å². The van der Waals surface area contributed by atoms with Gasteiger partial charge < -0.3 is 14.8 Å². The normalized spacial score (nSPS) is 12.1. The Bertz CT molecular complexity index is 743. The Morgan fingerprint density at radius 3 is 2.29 bits per heavy atom. The predicted octanol–water partition coefficient (Wildman–Crippen LogP) is 4.30. The molecule has 2 rings (SSSR count). The lowest BCUT2D eigenvalue weighted by Crippen LogP contribution is -2.38. The fourth-order valence-electron chi connectivity index (χ4n) is 3.25. The largest absolute Gasteiger partial charge is 0.493 e. The summed E-state index contributed by atoms with van der Waals surface area (Å²) in [5.74, 6) is 1.08. The minimum absolute atomic E-state index is 0.0364. The Morgan fingerprint density at radius 2 is 1.71 bits per heavy atom. The molecule has 2 aromatic rings. The minimum atomic E-state index is -0.123. The summed E-state index contributed by atoms with van der Waals surface area (Å²) in [6.45, 7) is 10.6. The molecule has 0 aromatic heterocycles. The Balaban J connectivity index is 2.14. The van der Waals surface area contributed by atoms with Gasteiger partial charge in [-0.05, 0) is 50.7 Å². The van der Waals surface area contributed by atoms with Gasteiger partial charge in [-0.1, -0.05) is 44.2 Å². The average molecular weight is 385 g/mol. The first-order valence-corrected chi connectivity index (χ1v) is 9.92. The number of ether oxygens (including phenoxy) is 2. The van der Waals surface area contributed by atoms with Crippen molar-refractivity contribution in [3.8, 4) is 11.5 Å². The van der Waals surface area contributed by atoms with E-state index in [0.717, 1.165) is 13.1 Å². The molecule has 1 atom stereocenters. The third kappa shape index (κ3) is 5.73. The van der Waals surface area contributed by atoms with Crippen LogP contribution in [0.15, 0.2) is 48.5 Å². The van der Waals surface area contributed by atoms with Crippen molar-refractivity contribution in [2.45, 2.75) is 39.8 Å². The van der Waals surface area contributed by atoms with Gasteiger partial charge >= 0.3 is 0 Å². The van der Waals surface area contributed by atoms with E-state index in [0.29, 0.717) is 23.6 Å². The molecule has 1 N–H and O–H groups in total. The predicted molar refractivity (Wildman–Crippen MR) is 113 cm³/mol. The summed E-state index contributed by atoms with van der Waals surface area (Å²) in [4.78, 5) is 15.1. The van der Waals surface area contributed by atoms with E-state index in [9.17, 15) is 4.79 Å². The number of rotatable bonds is 10. The van der Waals surface area contributed by atoms with Gasteiger partial charge in [0.2, 0.25) is 0 Å². The second kappa shape index (κ2) is 10.7. The van der Waals surface area contributed by atoms with E-state index in [4.69, 9.17) is 9.47 Å². The molecule has 0 aliphatic rings. The van der Waals surface area contributed by atoms with Crippen molar-refractivity contribution in [1.29, 1.82) is 0 Å². The van der Waals surface area contributed by atoms with Crippen LogP contribution in [0.3, 0.4) is 0 Å². The summed E-state index contributed by atoms with van der Waals surface area (Å²) in [5, 5.41) is 3.08.